The van der Waals surface area contributed by atoms with E-state index in [2.05, 4.69) is 10.2 Å². The van der Waals surface area contributed by atoms with Gasteiger partial charge >= 0.3 is 5.82 Å². The van der Waals surface area contributed by atoms with Crippen LogP contribution in [0.4, 0.5) is 11.5 Å². The van der Waals surface area contributed by atoms with Crippen LogP contribution in [0.3, 0.4) is 0 Å². The maximum Gasteiger partial charge on any atom is 0.343 e. The first-order valence-electron chi connectivity index (χ1n) is 6.26. The van der Waals surface area contributed by atoms with Gasteiger partial charge in [0.1, 0.15) is 0 Å². The molecule has 0 fully saturated rings. The SMILES string of the molecule is O=C(c1cc([N+](=O)[O-])[nH]n1)N1CCCc2ccccc21. The Kier molecular flexibility index (Phi) is 2.94. The first kappa shape index (κ1) is 12.3. The lowest BCUT2D eigenvalue weighted by Gasteiger charge is -2.28. The van der Waals surface area contributed by atoms with E-state index < -0.39 is 4.92 Å². The largest absolute Gasteiger partial charge is 0.358 e. The number of H-pyrrole nitrogens is 1. The van der Waals surface area contributed by atoms with Crippen molar-refractivity contribution in [2.24, 2.45) is 0 Å². The van der Waals surface area contributed by atoms with Gasteiger partial charge < -0.3 is 15.0 Å². The summed E-state index contributed by atoms with van der Waals surface area (Å²) in [6.07, 6.45) is 1.80. The molecule has 0 bridgehead atoms. The molecule has 7 heteroatoms. The Bertz CT molecular complexity index is 680. The van der Waals surface area contributed by atoms with Crippen molar-refractivity contribution in [3.63, 3.8) is 0 Å². The van der Waals surface area contributed by atoms with Crippen molar-refractivity contribution in [3.05, 3.63) is 51.7 Å². The number of anilines is 1. The van der Waals surface area contributed by atoms with Gasteiger partial charge in [0, 0.05) is 12.2 Å². The van der Waals surface area contributed by atoms with E-state index in [9.17, 15) is 14.9 Å². The molecule has 2 aromatic rings. The van der Waals surface area contributed by atoms with Gasteiger partial charge in [0.05, 0.1) is 6.07 Å². The fraction of sp³-hybridized carbons (Fsp3) is 0.231. The third-order valence-corrected chi connectivity index (χ3v) is 3.34. The minimum atomic E-state index is -0.603. The van der Waals surface area contributed by atoms with Crippen LogP contribution in [0.2, 0.25) is 0 Å². The molecule has 1 aromatic heterocycles. The van der Waals surface area contributed by atoms with Crippen LogP contribution in [0.25, 0.3) is 0 Å². The molecule has 0 saturated heterocycles. The molecule has 1 aliphatic rings. The number of aromatic nitrogens is 2. The van der Waals surface area contributed by atoms with Crippen molar-refractivity contribution in [1.82, 2.24) is 10.2 Å². The summed E-state index contributed by atoms with van der Waals surface area (Å²) in [5.74, 6) is -0.597. The number of rotatable bonds is 2. The standard InChI is InChI=1S/C13H12N4O3/c18-13(10-8-12(15-14-10)17(19)20)16-7-3-5-9-4-1-2-6-11(9)16/h1-2,4,6,8H,3,5,7H2,(H,14,15). The van der Waals surface area contributed by atoms with E-state index in [1.807, 2.05) is 24.3 Å². The highest BCUT2D eigenvalue weighted by molar-refractivity contribution is 6.05. The van der Waals surface area contributed by atoms with Crippen LogP contribution in [0.1, 0.15) is 22.5 Å². The van der Waals surface area contributed by atoms with Gasteiger partial charge in [-0.2, -0.15) is 0 Å². The maximum atomic E-state index is 12.4. The smallest absolute Gasteiger partial charge is 0.343 e. The number of amides is 1. The fourth-order valence-corrected chi connectivity index (χ4v) is 2.40. The summed E-state index contributed by atoms with van der Waals surface area (Å²) in [6.45, 7) is 0.594. The third-order valence-electron chi connectivity index (χ3n) is 3.34. The number of hydrogen-bond donors (Lipinski definition) is 1. The lowest BCUT2D eigenvalue weighted by molar-refractivity contribution is -0.389. The van der Waals surface area contributed by atoms with Crippen LogP contribution < -0.4 is 4.90 Å². The molecule has 3 rings (SSSR count). The number of carbonyl (C=O) groups is 1. The van der Waals surface area contributed by atoms with E-state index in [4.69, 9.17) is 0 Å². The summed E-state index contributed by atoms with van der Waals surface area (Å²) < 4.78 is 0. The van der Waals surface area contributed by atoms with Gasteiger partial charge in [-0.25, -0.2) is 0 Å². The minimum absolute atomic E-state index is 0.0633. The van der Waals surface area contributed by atoms with Crippen molar-refractivity contribution in [3.8, 4) is 0 Å². The van der Waals surface area contributed by atoms with Crippen LogP contribution in [-0.2, 0) is 6.42 Å². The molecular weight excluding hydrogens is 260 g/mol. The minimum Gasteiger partial charge on any atom is -0.358 e. The summed E-state index contributed by atoms with van der Waals surface area (Å²) in [5, 5.41) is 16.6. The zero-order chi connectivity index (χ0) is 14.1. The summed E-state index contributed by atoms with van der Waals surface area (Å²) in [5.41, 5.74) is 2.03. The van der Waals surface area contributed by atoms with Crippen LogP contribution in [0.15, 0.2) is 30.3 Å². The van der Waals surface area contributed by atoms with Gasteiger partial charge in [0.2, 0.25) is 0 Å². The quantitative estimate of drug-likeness (QED) is 0.667. The summed E-state index contributed by atoms with van der Waals surface area (Å²) >= 11 is 0. The Morgan fingerprint density at radius 1 is 1.40 bits per heavy atom. The second-order valence-electron chi connectivity index (χ2n) is 4.58. The highest BCUT2D eigenvalue weighted by Gasteiger charge is 2.26. The molecule has 0 atom stereocenters. The fourth-order valence-electron chi connectivity index (χ4n) is 2.40. The zero-order valence-electron chi connectivity index (χ0n) is 10.6. The predicted molar refractivity (Wildman–Crippen MR) is 71.7 cm³/mol. The molecule has 1 aliphatic heterocycles. The van der Waals surface area contributed by atoms with Gasteiger partial charge in [0.15, 0.2) is 5.69 Å². The normalized spacial score (nSPS) is 13.9. The average molecular weight is 272 g/mol. The third kappa shape index (κ3) is 2.03. The number of nitro groups is 1. The number of fused-ring (bicyclic) bond motifs is 1. The Morgan fingerprint density at radius 2 is 2.20 bits per heavy atom. The Hall–Kier alpha value is -2.70. The van der Waals surface area contributed by atoms with E-state index in [1.54, 1.807) is 4.90 Å². The van der Waals surface area contributed by atoms with Crippen LogP contribution >= 0.6 is 0 Å². The Labute approximate surface area is 114 Å². The molecular formula is C13H12N4O3. The molecule has 1 amide bonds. The monoisotopic (exact) mass is 272 g/mol. The number of nitrogens with zero attached hydrogens (tertiary/aromatic N) is 3. The van der Waals surface area contributed by atoms with Crippen molar-refractivity contribution in [2.45, 2.75) is 12.8 Å². The summed E-state index contributed by atoms with van der Waals surface area (Å²) in [6, 6.07) is 8.85. The lowest BCUT2D eigenvalue weighted by Crippen LogP contribution is -2.35. The molecule has 1 aromatic carbocycles. The van der Waals surface area contributed by atoms with Crippen LogP contribution in [0, 0.1) is 10.1 Å². The van der Waals surface area contributed by atoms with E-state index >= 15 is 0 Å². The zero-order valence-corrected chi connectivity index (χ0v) is 10.6. The number of para-hydroxylation sites is 1. The highest BCUT2D eigenvalue weighted by atomic mass is 16.6. The summed E-state index contributed by atoms with van der Waals surface area (Å²) in [4.78, 5) is 24.1. The number of aromatic amines is 1. The van der Waals surface area contributed by atoms with E-state index in [-0.39, 0.29) is 17.4 Å². The molecule has 7 nitrogen and oxygen atoms in total. The van der Waals surface area contributed by atoms with Crippen LogP contribution in [0.5, 0.6) is 0 Å². The van der Waals surface area contributed by atoms with Crippen molar-refractivity contribution in [2.75, 3.05) is 11.4 Å². The van der Waals surface area contributed by atoms with Crippen molar-refractivity contribution >= 4 is 17.4 Å². The first-order valence-corrected chi connectivity index (χ1v) is 6.26. The number of nitrogens with one attached hydrogen (secondary N) is 1. The van der Waals surface area contributed by atoms with Crippen molar-refractivity contribution < 1.29 is 9.72 Å². The Balaban J connectivity index is 1.93. The molecule has 2 heterocycles. The molecule has 0 radical (unpaired) electrons. The summed E-state index contributed by atoms with van der Waals surface area (Å²) in [7, 11) is 0. The molecule has 0 unspecified atom stereocenters. The van der Waals surface area contributed by atoms with Crippen LogP contribution in [-0.4, -0.2) is 27.6 Å². The highest BCUT2D eigenvalue weighted by Crippen LogP contribution is 2.28. The average Bonchev–Trinajstić information content (AvgIpc) is 2.96. The maximum absolute atomic E-state index is 12.4. The molecule has 0 saturated carbocycles. The van der Waals surface area contributed by atoms with E-state index in [0.29, 0.717) is 6.54 Å². The molecule has 0 aliphatic carbocycles. The van der Waals surface area contributed by atoms with Gasteiger partial charge in [-0.15, -0.1) is 5.10 Å². The van der Waals surface area contributed by atoms with Gasteiger partial charge in [-0.3, -0.25) is 4.79 Å². The lowest BCUT2D eigenvalue weighted by atomic mass is 10.0. The van der Waals surface area contributed by atoms with Gasteiger partial charge in [-0.05, 0) is 29.4 Å². The predicted octanol–water partition coefficient (Wildman–Crippen LogP) is 1.91. The number of aryl methyl sites for hydroxylation is 1. The second kappa shape index (κ2) is 4.76. The number of carbonyl (C=O) groups excluding carboxylic acids is 1. The van der Waals surface area contributed by atoms with Gasteiger partial charge in [-0.1, -0.05) is 23.3 Å². The topological polar surface area (TPSA) is 92.1 Å². The van der Waals surface area contributed by atoms with E-state index in [0.717, 1.165) is 24.1 Å². The first-order chi connectivity index (χ1) is 9.66. The number of benzene rings is 1. The molecule has 1 N–H and O–H groups in total. The molecule has 102 valence electrons. The molecule has 20 heavy (non-hydrogen) atoms. The van der Waals surface area contributed by atoms with Gasteiger partial charge in [0.25, 0.3) is 5.91 Å². The van der Waals surface area contributed by atoms with Crippen molar-refractivity contribution in [1.29, 1.82) is 0 Å². The Morgan fingerprint density at radius 3 is 2.95 bits per heavy atom. The number of hydrogen-bond acceptors (Lipinski definition) is 4. The van der Waals surface area contributed by atoms with E-state index in [1.165, 1.54) is 6.07 Å². The molecule has 0 spiro atoms. The second-order valence-corrected chi connectivity index (χ2v) is 4.58.